The average Bonchev–Trinajstić information content (AvgIpc) is 2.45. The van der Waals surface area contributed by atoms with Crippen LogP contribution >= 0.6 is 24.0 Å². The summed E-state index contributed by atoms with van der Waals surface area (Å²) in [6, 6.07) is 6.12. The molecule has 0 aliphatic carbocycles. The molecule has 1 atom stereocenters. The molecule has 5 nitrogen and oxygen atoms in total. The molecule has 1 aliphatic rings. The summed E-state index contributed by atoms with van der Waals surface area (Å²) in [6.07, 6.45) is 2.16. The highest BCUT2D eigenvalue weighted by molar-refractivity contribution is 7.89. The molecule has 0 radical (unpaired) electrons. The number of piperidine rings is 1. The van der Waals surface area contributed by atoms with Crippen molar-refractivity contribution < 1.29 is 8.42 Å². The summed E-state index contributed by atoms with van der Waals surface area (Å²) < 4.78 is 27.3. The minimum absolute atomic E-state index is 0. The highest BCUT2D eigenvalue weighted by atomic mass is 35.5. The van der Waals surface area contributed by atoms with Gasteiger partial charge < -0.3 is 5.32 Å². The Hall–Kier alpha value is -0.840. The summed E-state index contributed by atoms with van der Waals surface area (Å²) in [4.78, 5) is 0.0742. The molecule has 128 valence electrons. The first kappa shape index (κ1) is 20.2. The van der Waals surface area contributed by atoms with Crippen LogP contribution in [-0.4, -0.2) is 27.5 Å². The van der Waals surface area contributed by atoms with E-state index in [1.165, 1.54) is 18.2 Å². The maximum absolute atomic E-state index is 12.4. The predicted octanol–water partition coefficient (Wildman–Crippen LogP) is 2.69. The molecule has 1 aromatic rings. The van der Waals surface area contributed by atoms with Gasteiger partial charge in [0.25, 0.3) is 0 Å². The van der Waals surface area contributed by atoms with E-state index < -0.39 is 10.0 Å². The molecule has 0 saturated carbocycles. The monoisotopic (exact) mass is 377 g/mol. The molecule has 1 unspecified atom stereocenters. The predicted molar refractivity (Wildman–Crippen MR) is 93.4 cm³/mol. The topological polar surface area (TPSA) is 82.0 Å². The van der Waals surface area contributed by atoms with Crippen molar-refractivity contribution in [3.8, 4) is 6.07 Å². The van der Waals surface area contributed by atoms with E-state index in [4.69, 9.17) is 16.9 Å². The van der Waals surface area contributed by atoms with Crippen LogP contribution in [0.5, 0.6) is 0 Å². The summed E-state index contributed by atoms with van der Waals surface area (Å²) in [6.45, 7) is 5.50. The van der Waals surface area contributed by atoms with Crippen LogP contribution in [0.15, 0.2) is 23.1 Å². The third-order valence-corrected chi connectivity index (χ3v) is 5.91. The smallest absolute Gasteiger partial charge is 0.240 e. The zero-order chi connectivity index (χ0) is 16.4. The zero-order valence-electron chi connectivity index (χ0n) is 13.1. The fourth-order valence-electron chi connectivity index (χ4n) is 2.65. The largest absolute Gasteiger partial charge is 0.312 e. The van der Waals surface area contributed by atoms with Gasteiger partial charge in [0.15, 0.2) is 0 Å². The Bertz CT molecular complexity index is 699. The molecule has 23 heavy (non-hydrogen) atoms. The summed E-state index contributed by atoms with van der Waals surface area (Å²) in [5.41, 5.74) is 0.305. The normalized spacial score (nSPS) is 20.3. The third-order valence-electron chi connectivity index (χ3n) is 4.18. The van der Waals surface area contributed by atoms with Crippen molar-refractivity contribution in [3.05, 3.63) is 28.8 Å². The first-order valence-corrected chi connectivity index (χ1v) is 9.05. The van der Waals surface area contributed by atoms with Crippen molar-refractivity contribution >= 4 is 34.0 Å². The zero-order valence-corrected chi connectivity index (χ0v) is 15.5. The van der Waals surface area contributed by atoms with Gasteiger partial charge in [-0.1, -0.05) is 25.4 Å². The lowest BCUT2D eigenvalue weighted by Gasteiger charge is -2.39. The first-order chi connectivity index (χ1) is 10.3. The third kappa shape index (κ3) is 4.82. The Balaban J connectivity index is 0.00000264. The Kier molecular flexibility index (Phi) is 6.87. The molecule has 0 amide bonds. The average molecular weight is 378 g/mol. The number of nitrogens with one attached hydrogen (secondary N) is 2. The quantitative estimate of drug-likeness (QED) is 0.844. The minimum Gasteiger partial charge on any atom is -0.312 e. The second-order valence-corrected chi connectivity index (χ2v) is 8.38. The van der Waals surface area contributed by atoms with Crippen LogP contribution in [0, 0.1) is 16.7 Å². The van der Waals surface area contributed by atoms with Gasteiger partial charge in [0, 0.05) is 12.6 Å². The highest BCUT2D eigenvalue weighted by Crippen LogP contribution is 2.30. The molecule has 1 fully saturated rings. The van der Waals surface area contributed by atoms with Crippen molar-refractivity contribution in [2.45, 2.75) is 37.6 Å². The van der Waals surface area contributed by atoms with Crippen LogP contribution in [0.3, 0.4) is 0 Å². The van der Waals surface area contributed by atoms with E-state index in [-0.39, 0.29) is 39.3 Å². The number of nitriles is 1. The van der Waals surface area contributed by atoms with Crippen molar-refractivity contribution in [2.24, 2.45) is 5.41 Å². The van der Waals surface area contributed by atoms with E-state index in [1.807, 2.05) is 6.07 Å². The van der Waals surface area contributed by atoms with E-state index in [2.05, 4.69) is 23.9 Å². The van der Waals surface area contributed by atoms with Crippen LogP contribution in [0.25, 0.3) is 0 Å². The fourth-order valence-corrected chi connectivity index (χ4v) is 4.01. The molecule has 1 aliphatic heterocycles. The van der Waals surface area contributed by atoms with Gasteiger partial charge in [-0.15, -0.1) is 12.4 Å². The second-order valence-electron chi connectivity index (χ2n) is 6.20. The molecule has 2 rings (SSSR count). The van der Waals surface area contributed by atoms with Crippen molar-refractivity contribution in [3.63, 3.8) is 0 Å². The van der Waals surface area contributed by atoms with Crippen LogP contribution in [0.4, 0.5) is 0 Å². The van der Waals surface area contributed by atoms with E-state index in [9.17, 15) is 8.42 Å². The van der Waals surface area contributed by atoms with Crippen LogP contribution in [-0.2, 0) is 10.0 Å². The van der Waals surface area contributed by atoms with Crippen LogP contribution in [0.2, 0.25) is 5.02 Å². The molecule has 1 aromatic carbocycles. The second kappa shape index (κ2) is 7.82. The van der Waals surface area contributed by atoms with Crippen LogP contribution < -0.4 is 10.0 Å². The van der Waals surface area contributed by atoms with Gasteiger partial charge in [0.1, 0.15) is 6.07 Å². The summed E-state index contributed by atoms with van der Waals surface area (Å²) in [5.74, 6) is 0. The Morgan fingerprint density at radius 3 is 2.74 bits per heavy atom. The molecule has 0 aromatic heterocycles. The number of halogens is 2. The number of hydrogen-bond acceptors (Lipinski definition) is 4. The highest BCUT2D eigenvalue weighted by Gasteiger charge is 2.32. The lowest BCUT2D eigenvalue weighted by Crippen LogP contribution is -2.52. The van der Waals surface area contributed by atoms with E-state index >= 15 is 0 Å². The van der Waals surface area contributed by atoms with Crippen molar-refractivity contribution in [1.82, 2.24) is 10.0 Å². The molecule has 0 bridgehead atoms. The Morgan fingerprint density at radius 2 is 2.17 bits per heavy atom. The van der Waals surface area contributed by atoms with Crippen molar-refractivity contribution in [1.29, 1.82) is 5.26 Å². The summed E-state index contributed by atoms with van der Waals surface area (Å²) in [5, 5.41) is 12.3. The fraction of sp³-hybridized carbons (Fsp3) is 0.533. The summed E-state index contributed by atoms with van der Waals surface area (Å²) in [7, 11) is -3.64. The number of rotatable bonds is 4. The lowest BCUT2D eigenvalue weighted by atomic mass is 9.78. The lowest BCUT2D eigenvalue weighted by molar-refractivity contribution is 0.181. The number of hydrogen-bond donors (Lipinski definition) is 2. The van der Waals surface area contributed by atoms with Gasteiger partial charge in [-0.25, -0.2) is 13.1 Å². The molecule has 1 heterocycles. The summed E-state index contributed by atoms with van der Waals surface area (Å²) >= 11 is 5.90. The van der Waals surface area contributed by atoms with Crippen LogP contribution in [0.1, 0.15) is 32.3 Å². The number of benzene rings is 1. The molecular formula is C15H21Cl2N3O2S. The van der Waals surface area contributed by atoms with E-state index in [0.717, 1.165) is 19.4 Å². The van der Waals surface area contributed by atoms with Gasteiger partial charge in [-0.2, -0.15) is 5.26 Å². The first-order valence-electron chi connectivity index (χ1n) is 7.19. The Labute approximate surface area is 148 Å². The standard InChI is InChI=1S/C15H20ClN3O2S.ClH/c1-15(2)6-3-7-18-14(15)10-19-22(20,21)12-5-4-11(9-17)13(16)8-12;/h4-5,8,14,18-19H,3,6-7,10H2,1-2H3;1H. The SMILES string of the molecule is CC1(C)CCCNC1CNS(=O)(=O)c1ccc(C#N)c(Cl)c1.Cl. The van der Waals surface area contributed by atoms with Gasteiger partial charge in [-0.3, -0.25) is 0 Å². The number of nitrogens with zero attached hydrogens (tertiary/aromatic N) is 1. The molecule has 2 N–H and O–H groups in total. The van der Waals surface area contributed by atoms with E-state index in [0.29, 0.717) is 6.54 Å². The van der Waals surface area contributed by atoms with Gasteiger partial charge in [0.05, 0.1) is 15.5 Å². The number of sulfonamides is 1. The van der Waals surface area contributed by atoms with Gasteiger partial charge in [0.2, 0.25) is 10.0 Å². The van der Waals surface area contributed by atoms with Gasteiger partial charge in [-0.05, 0) is 43.0 Å². The van der Waals surface area contributed by atoms with Crippen molar-refractivity contribution in [2.75, 3.05) is 13.1 Å². The molecule has 1 saturated heterocycles. The molecule has 0 spiro atoms. The molecular weight excluding hydrogens is 357 g/mol. The Morgan fingerprint density at radius 1 is 1.48 bits per heavy atom. The maximum atomic E-state index is 12.4. The maximum Gasteiger partial charge on any atom is 0.240 e. The van der Waals surface area contributed by atoms with E-state index in [1.54, 1.807) is 0 Å². The van der Waals surface area contributed by atoms with Gasteiger partial charge >= 0.3 is 0 Å². The minimum atomic E-state index is -3.64. The molecule has 8 heteroatoms.